The third-order valence-electron chi connectivity index (χ3n) is 8.70. The van der Waals surface area contributed by atoms with E-state index in [0.29, 0.717) is 6.42 Å². The van der Waals surface area contributed by atoms with Crippen LogP contribution in [0, 0.1) is 29.6 Å². The largest absolute Gasteiger partial charge is 0.480 e. The maximum atomic E-state index is 13.3. The number of carbonyl (C=O) groups excluding carboxylic acids is 5. The Morgan fingerprint density at radius 2 is 1.71 bits per heavy atom. The summed E-state index contributed by atoms with van der Waals surface area (Å²) in [5, 5.41) is 10.8. The average Bonchev–Trinajstić information content (AvgIpc) is 3.69. The van der Waals surface area contributed by atoms with Gasteiger partial charge < -0.3 is 14.8 Å². The molecular formula is C26H21N3O9S3. The van der Waals surface area contributed by atoms with Gasteiger partial charge in [0.2, 0.25) is 17.7 Å². The van der Waals surface area contributed by atoms with Crippen LogP contribution in [0.2, 0.25) is 0 Å². The van der Waals surface area contributed by atoms with Gasteiger partial charge in [-0.1, -0.05) is 35.2 Å². The number of benzene rings is 1. The van der Waals surface area contributed by atoms with Gasteiger partial charge >= 0.3 is 16.8 Å². The fourth-order valence-electron chi connectivity index (χ4n) is 7.34. The standard InChI is InChI=1S/C26H21N3O9S3/c30-13(31)7-29-23(34)17-10-5-11(18(17)24(29)35)19-16(10)15(20-22(40-19)28-26(37)41-20)8-1-3-9(4-2-8)38-14(32)6-12-21(33)27-25(36)39-12/h1-4,10-12,15-19H,5-7H2,(H,28,37)(H,30,31)(H,27,33,36)/t10-,11-,12+,15+,16-,17+,18-,19-/m1/s1. The molecule has 4 fully saturated rings. The Morgan fingerprint density at radius 1 is 1.00 bits per heavy atom. The summed E-state index contributed by atoms with van der Waals surface area (Å²) in [5.41, 5.74) is 0.858. The first-order valence-electron chi connectivity index (χ1n) is 12.9. The molecule has 12 nitrogen and oxygen atoms in total. The topological polar surface area (TPSA) is 180 Å². The highest BCUT2D eigenvalue weighted by Gasteiger charge is 2.69. The van der Waals surface area contributed by atoms with Crippen molar-refractivity contribution in [2.45, 2.75) is 34.3 Å². The number of amides is 4. The van der Waals surface area contributed by atoms with Crippen LogP contribution in [0.25, 0.3) is 0 Å². The summed E-state index contributed by atoms with van der Waals surface area (Å²) in [6.07, 6.45) is 0.419. The predicted molar refractivity (Wildman–Crippen MR) is 144 cm³/mol. The molecule has 15 heteroatoms. The molecule has 0 unspecified atom stereocenters. The molecule has 7 rings (SSSR count). The molecule has 4 amide bonds. The van der Waals surface area contributed by atoms with Crippen molar-refractivity contribution in [1.82, 2.24) is 15.2 Å². The van der Waals surface area contributed by atoms with Gasteiger partial charge in [-0.3, -0.25) is 43.8 Å². The van der Waals surface area contributed by atoms with Gasteiger partial charge in [-0.25, -0.2) is 0 Å². The molecule has 2 saturated heterocycles. The zero-order valence-electron chi connectivity index (χ0n) is 20.9. The molecule has 2 aliphatic carbocycles. The number of rotatable bonds is 6. The van der Waals surface area contributed by atoms with E-state index in [1.165, 1.54) is 11.8 Å². The molecule has 0 radical (unpaired) electrons. The van der Waals surface area contributed by atoms with E-state index in [-0.39, 0.29) is 46.0 Å². The minimum Gasteiger partial charge on any atom is -0.480 e. The van der Waals surface area contributed by atoms with Crippen LogP contribution in [0.4, 0.5) is 4.79 Å². The number of H-pyrrole nitrogens is 1. The van der Waals surface area contributed by atoms with Crippen molar-refractivity contribution in [3.8, 4) is 5.75 Å². The number of aromatic nitrogens is 1. The molecule has 1 aromatic carbocycles. The third kappa shape index (κ3) is 4.15. The zero-order chi connectivity index (χ0) is 28.7. The van der Waals surface area contributed by atoms with Gasteiger partial charge in [-0.2, -0.15) is 0 Å². The van der Waals surface area contributed by atoms with Crippen molar-refractivity contribution in [2.75, 3.05) is 6.54 Å². The Labute approximate surface area is 243 Å². The lowest BCUT2D eigenvalue weighted by Crippen LogP contribution is -2.42. The molecule has 0 spiro atoms. The molecule has 3 N–H and O–H groups in total. The number of hydrogen-bond donors (Lipinski definition) is 3. The number of fused-ring (bicyclic) bond motifs is 9. The highest BCUT2D eigenvalue weighted by atomic mass is 32.2. The molecule has 41 heavy (non-hydrogen) atoms. The van der Waals surface area contributed by atoms with E-state index in [1.807, 2.05) is 0 Å². The number of ether oxygens (including phenoxy) is 1. The summed E-state index contributed by atoms with van der Waals surface area (Å²) in [4.78, 5) is 90.2. The van der Waals surface area contributed by atoms with Crippen molar-refractivity contribution in [3.63, 3.8) is 0 Å². The van der Waals surface area contributed by atoms with Crippen LogP contribution >= 0.6 is 34.9 Å². The first-order valence-corrected chi connectivity index (χ1v) is 15.5. The number of carboxylic acids is 1. The second-order valence-corrected chi connectivity index (χ2v) is 14.1. The zero-order valence-corrected chi connectivity index (χ0v) is 23.4. The molecule has 8 atom stereocenters. The molecule has 4 heterocycles. The molecular weight excluding hydrogens is 594 g/mol. The van der Waals surface area contributed by atoms with E-state index in [2.05, 4.69) is 10.3 Å². The SMILES string of the molecule is O=C(O)CN1C(=O)[C@@H]2[C@H]3C[C@@H]([C@@H]2C1=O)[C@@H]1[C@H](c2ccc(OC(=O)C[C@@H]4SC(=O)NC4=O)cc2)c2sc(=O)[nH]c2S[C@H]31. The van der Waals surface area contributed by atoms with Crippen LogP contribution in [-0.4, -0.2) is 66.9 Å². The quantitative estimate of drug-likeness (QED) is 0.244. The molecule has 212 valence electrons. The molecule has 5 aliphatic rings. The second kappa shape index (κ2) is 9.56. The van der Waals surface area contributed by atoms with E-state index >= 15 is 0 Å². The first kappa shape index (κ1) is 26.5. The summed E-state index contributed by atoms with van der Waals surface area (Å²) in [7, 11) is 0. The lowest BCUT2D eigenvalue weighted by molar-refractivity contribution is -0.149. The number of carboxylic acid groups (broad SMARTS) is 1. The predicted octanol–water partition coefficient (Wildman–Crippen LogP) is 1.64. The van der Waals surface area contributed by atoms with Crippen LogP contribution < -0.4 is 14.9 Å². The highest BCUT2D eigenvalue weighted by molar-refractivity contribution is 8.15. The monoisotopic (exact) mass is 615 g/mol. The first-order chi connectivity index (χ1) is 19.6. The molecule has 3 aliphatic heterocycles. The summed E-state index contributed by atoms with van der Waals surface area (Å²) >= 11 is 3.39. The number of carbonyl (C=O) groups is 6. The van der Waals surface area contributed by atoms with Crippen molar-refractivity contribution >= 4 is 69.8 Å². The molecule has 2 saturated carbocycles. The van der Waals surface area contributed by atoms with E-state index in [4.69, 9.17) is 4.74 Å². The Morgan fingerprint density at radius 3 is 2.37 bits per heavy atom. The number of likely N-dealkylation sites (tertiary alicyclic amines) is 1. The molecule has 2 bridgehead atoms. The van der Waals surface area contributed by atoms with Gasteiger partial charge in [0.05, 0.1) is 23.3 Å². The number of esters is 1. The Balaban J connectivity index is 1.16. The van der Waals surface area contributed by atoms with Gasteiger partial charge in [-0.15, -0.1) is 11.8 Å². The fraction of sp³-hybridized carbons (Fsp3) is 0.423. The van der Waals surface area contributed by atoms with Crippen molar-refractivity contribution < 1.29 is 38.6 Å². The van der Waals surface area contributed by atoms with Gasteiger partial charge in [0.25, 0.3) is 5.24 Å². The number of hydrogen-bond acceptors (Lipinski definition) is 11. The number of thioether (sulfide) groups is 2. The number of aromatic amines is 1. The third-order valence-corrected chi connectivity index (χ3v) is 12.3. The average molecular weight is 616 g/mol. The van der Waals surface area contributed by atoms with Gasteiger partial charge in [-0.05, 0) is 41.9 Å². The van der Waals surface area contributed by atoms with Crippen LogP contribution in [0.5, 0.6) is 5.75 Å². The van der Waals surface area contributed by atoms with Crippen LogP contribution in [0.3, 0.4) is 0 Å². The minimum absolute atomic E-state index is 0.0409. The van der Waals surface area contributed by atoms with Crippen molar-refractivity contribution in [3.05, 3.63) is 44.4 Å². The number of nitrogens with one attached hydrogen (secondary N) is 2. The summed E-state index contributed by atoms with van der Waals surface area (Å²) in [5.74, 6) is -4.71. The van der Waals surface area contributed by atoms with E-state index in [9.17, 15) is 38.7 Å². The Kier molecular flexibility index (Phi) is 6.17. The normalized spacial score (nSPS) is 33.0. The summed E-state index contributed by atoms with van der Waals surface area (Å²) in [6.45, 7) is -0.642. The van der Waals surface area contributed by atoms with Crippen LogP contribution in [0.15, 0.2) is 34.1 Å². The lowest BCUT2D eigenvalue weighted by atomic mass is 9.68. The van der Waals surface area contributed by atoms with Crippen LogP contribution in [0.1, 0.15) is 29.2 Å². The Bertz CT molecular complexity index is 1600. The fourth-order valence-corrected chi connectivity index (χ4v) is 11.0. The van der Waals surface area contributed by atoms with E-state index in [1.54, 1.807) is 24.3 Å². The minimum atomic E-state index is -1.23. The highest BCUT2D eigenvalue weighted by Crippen LogP contribution is 2.68. The van der Waals surface area contributed by atoms with Gasteiger partial charge in [0.1, 0.15) is 17.5 Å². The van der Waals surface area contributed by atoms with Crippen LogP contribution in [-0.2, 0) is 24.0 Å². The molecule has 2 aromatic rings. The van der Waals surface area contributed by atoms with Gasteiger partial charge in [0, 0.05) is 16.0 Å². The maximum Gasteiger partial charge on any atom is 0.323 e. The van der Waals surface area contributed by atoms with Crippen molar-refractivity contribution in [1.29, 1.82) is 0 Å². The number of imide groups is 2. The second-order valence-electron chi connectivity index (χ2n) is 10.7. The summed E-state index contributed by atoms with van der Waals surface area (Å²) in [6, 6.07) is 6.86. The maximum absolute atomic E-state index is 13.3. The summed E-state index contributed by atoms with van der Waals surface area (Å²) < 4.78 is 5.40. The van der Waals surface area contributed by atoms with E-state index in [0.717, 1.165) is 43.5 Å². The number of aliphatic carboxylic acids is 1. The lowest BCUT2D eigenvalue weighted by Gasteiger charge is -2.43. The Hall–Kier alpha value is -3.43. The van der Waals surface area contributed by atoms with Gasteiger partial charge in [0.15, 0.2) is 0 Å². The van der Waals surface area contributed by atoms with Crippen molar-refractivity contribution in [2.24, 2.45) is 29.6 Å². The molecule has 1 aromatic heterocycles. The number of thiazole rings is 1. The number of nitrogens with zero attached hydrogens (tertiary/aromatic N) is 1. The smallest absolute Gasteiger partial charge is 0.323 e. The van der Waals surface area contributed by atoms with E-state index < -0.39 is 58.5 Å².